The maximum atomic E-state index is 13.0. The molecule has 0 aliphatic carbocycles. The number of nitrogens with one attached hydrogen (secondary N) is 1. The van der Waals surface area contributed by atoms with Gasteiger partial charge in [0.05, 0.1) is 5.39 Å². The van der Waals surface area contributed by atoms with Crippen molar-refractivity contribution in [1.82, 2.24) is 15.0 Å². The second-order valence-corrected chi connectivity index (χ2v) is 8.13. The van der Waals surface area contributed by atoms with E-state index in [9.17, 15) is 9.59 Å². The minimum absolute atomic E-state index is 0.348. The number of aromatic nitrogens is 3. The van der Waals surface area contributed by atoms with Gasteiger partial charge in [0.1, 0.15) is 6.04 Å². The highest BCUT2D eigenvalue weighted by atomic mass is 35.5. The van der Waals surface area contributed by atoms with Crippen molar-refractivity contribution >= 4 is 44.7 Å². The number of rotatable bonds is 4. The largest absolute Gasteiger partial charge is 0.324 e. The molecule has 1 atom stereocenters. The molecule has 1 N–H and O–H groups in total. The van der Waals surface area contributed by atoms with E-state index in [1.807, 2.05) is 43.3 Å². The highest BCUT2D eigenvalue weighted by molar-refractivity contribution is 7.21. The highest BCUT2D eigenvalue weighted by Gasteiger charge is 2.21. The Kier molecular flexibility index (Phi) is 5.17. The Morgan fingerprint density at radius 3 is 2.69 bits per heavy atom. The van der Waals surface area contributed by atoms with E-state index in [2.05, 4.69) is 15.6 Å². The molecule has 1 unspecified atom stereocenters. The van der Waals surface area contributed by atoms with Gasteiger partial charge in [0, 0.05) is 15.6 Å². The first-order valence-electron chi connectivity index (χ1n) is 8.95. The van der Waals surface area contributed by atoms with Crippen molar-refractivity contribution in [3.05, 3.63) is 75.5 Å². The standard InChI is InChI=1S/C21H17ClN4O2S/c1-12-8-9-15(22)10-17(12)23-19(27)13(2)26-21(28)16-11-18(29-20(16)24-25-26)14-6-4-3-5-7-14/h3-11,13H,1-2H3,(H,23,27). The van der Waals surface area contributed by atoms with E-state index >= 15 is 0 Å². The van der Waals surface area contributed by atoms with Gasteiger partial charge in [-0.1, -0.05) is 53.2 Å². The summed E-state index contributed by atoms with van der Waals surface area (Å²) in [5, 5.41) is 11.9. The van der Waals surface area contributed by atoms with Gasteiger partial charge in [-0.15, -0.1) is 16.4 Å². The second kappa shape index (κ2) is 7.77. The number of hydrogen-bond acceptors (Lipinski definition) is 5. The van der Waals surface area contributed by atoms with E-state index in [1.54, 1.807) is 25.1 Å². The van der Waals surface area contributed by atoms with Gasteiger partial charge in [0.25, 0.3) is 5.56 Å². The van der Waals surface area contributed by atoms with E-state index < -0.39 is 6.04 Å². The number of halogens is 1. The summed E-state index contributed by atoms with van der Waals surface area (Å²) in [6.45, 7) is 3.48. The van der Waals surface area contributed by atoms with Crippen LogP contribution in [-0.2, 0) is 4.79 Å². The Balaban J connectivity index is 1.66. The third-order valence-corrected chi connectivity index (χ3v) is 5.95. The van der Waals surface area contributed by atoms with Crippen molar-refractivity contribution in [1.29, 1.82) is 0 Å². The fraction of sp³-hybridized carbons (Fsp3) is 0.143. The van der Waals surface area contributed by atoms with Crippen LogP contribution in [0.25, 0.3) is 20.7 Å². The van der Waals surface area contributed by atoms with Crippen molar-refractivity contribution in [3.8, 4) is 10.4 Å². The van der Waals surface area contributed by atoms with Crippen LogP contribution in [0.15, 0.2) is 59.4 Å². The molecule has 4 rings (SSSR count). The third kappa shape index (κ3) is 3.79. The van der Waals surface area contributed by atoms with Crippen molar-refractivity contribution in [2.45, 2.75) is 19.9 Å². The van der Waals surface area contributed by atoms with Crippen molar-refractivity contribution in [3.63, 3.8) is 0 Å². The molecule has 0 saturated heterocycles. The van der Waals surface area contributed by atoms with Crippen LogP contribution in [0, 0.1) is 6.92 Å². The van der Waals surface area contributed by atoms with Crippen LogP contribution in [0.3, 0.4) is 0 Å². The van der Waals surface area contributed by atoms with Crippen molar-refractivity contribution in [2.24, 2.45) is 0 Å². The topological polar surface area (TPSA) is 76.9 Å². The number of benzene rings is 2. The van der Waals surface area contributed by atoms with E-state index in [0.29, 0.717) is 20.9 Å². The smallest absolute Gasteiger partial charge is 0.279 e. The van der Waals surface area contributed by atoms with Gasteiger partial charge in [0.15, 0.2) is 4.83 Å². The van der Waals surface area contributed by atoms with E-state index in [0.717, 1.165) is 20.7 Å². The lowest BCUT2D eigenvalue weighted by Gasteiger charge is -2.14. The van der Waals surface area contributed by atoms with E-state index in [1.165, 1.54) is 11.3 Å². The van der Waals surface area contributed by atoms with E-state index in [4.69, 9.17) is 11.6 Å². The molecule has 1 amide bonds. The lowest BCUT2D eigenvalue weighted by atomic mass is 10.2. The van der Waals surface area contributed by atoms with Gasteiger partial charge in [-0.25, -0.2) is 0 Å². The second-order valence-electron chi connectivity index (χ2n) is 6.66. The Morgan fingerprint density at radius 1 is 1.17 bits per heavy atom. The first kappa shape index (κ1) is 19.3. The summed E-state index contributed by atoms with van der Waals surface area (Å²) in [6, 6.07) is 16.0. The molecule has 0 spiro atoms. The number of anilines is 1. The van der Waals surface area contributed by atoms with Gasteiger partial charge in [-0.3, -0.25) is 9.59 Å². The van der Waals surface area contributed by atoms with Gasteiger partial charge >= 0.3 is 0 Å². The number of carbonyl (C=O) groups excluding carboxylic acids is 1. The average molecular weight is 425 g/mol. The normalized spacial score (nSPS) is 12.1. The fourth-order valence-corrected chi connectivity index (χ4v) is 4.08. The summed E-state index contributed by atoms with van der Waals surface area (Å²) in [5.41, 5.74) is 2.12. The molecule has 0 aliphatic rings. The molecule has 0 fully saturated rings. The molecule has 6 nitrogen and oxygen atoms in total. The Morgan fingerprint density at radius 2 is 1.93 bits per heavy atom. The number of thiophene rings is 1. The highest BCUT2D eigenvalue weighted by Crippen LogP contribution is 2.30. The number of amides is 1. The van der Waals surface area contributed by atoms with Crippen LogP contribution in [0.1, 0.15) is 18.5 Å². The van der Waals surface area contributed by atoms with Crippen LogP contribution in [0.5, 0.6) is 0 Å². The summed E-state index contributed by atoms with van der Waals surface area (Å²) in [7, 11) is 0. The zero-order chi connectivity index (χ0) is 20.5. The Labute approximate surface area is 175 Å². The molecule has 8 heteroatoms. The minimum Gasteiger partial charge on any atom is -0.324 e. The maximum absolute atomic E-state index is 13.0. The van der Waals surface area contributed by atoms with Crippen LogP contribution in [0.2, 0.25) is 5.02 Å². The molecule has 2 heterocycles. The molecule has 29 heavy (non-hydrogen) atoms. The Bertz CT molecular complexity index is 1270. The van der Waals surface area contributed by atoms with Crippen LogP contribution < -0.4 is 10.9 Å². The summed E-state index contributed by atoms with van der Waals surface area (Å²) in [6.07, 6.45) is 0. The minimum atomic E-state index is -0.835. The molecule has 146 valence electrons. The number of fused-ring (bicyclic) bond motifs is 1. The predicted molar refractivity (Wildman–Crippen MR) is 117 cm³/mol. The summed E-state index contributed by atoms with van der Waals surface area (Å²) in [4.78, 5) is 27.1. The number of hydrogen-bond donors (Lipinski definition) is 1. The lowest BCUT2D eigenvalue weighted by Crippen LogP contribution is -2.34. The summed E-state index contributed by atoms with van der Waals surface area (Å²) < 4.78 is 1.11. The molecule has 0 saturated carbocycles. The zero-order valence-corrected chi connectivity index (χ0v) is 17.3. The zero-order valence-electron chi connectivity index (χ0n) is 15.7. The first-order valence-corrected chi connectivity index (χ1v) is 10.1. The molecule has 0 radical (unpaired) electrons. The van der Waals surface area contributed by atoms with Crippen LogP contribution in [-0.4, -0.2) is 20.9 Å². The monoisotopic (exact) mass is 424 g/mol. The van der Waals surface area contributed by atoms with Crippen LogP contribution >= 0.6 is 22.9 Å². The molecular weight excluding hydrogens is 408 g/mol. The number of carbonyl (C=O) groups is 1. The van der Waals surface area contributed by atoms with Crippen molar-refractivity contribution in [2.75, 3.05) is 5.32 Å². The molecule has 2 aromatic carbocycles. The SMILES string of the molecule is Cc1ccc(Cl)cc1NC(=O)C(C)n1nnc2sc(-c3ccccc3)cc2c1=O. The predicted octanol–water partition coefficient (Wildman–Crippen LogP) is 4.68. The van der Waals surface area contributed by atoms with Crippen LogP contribution in [0.4, 0.5) is 5.69 Å². The quantitative estimate of drug-likeness (QED) is 0.516. The maximum Gasteiger partial charge on any atom is 0.279 e. The molecule has 2 aromatic heterocycles. The van der Waals surface area contributed by atoms with Gasteiger partial charge in [0.2, 0.25) is 5.91 Å². The van der Waals surface area contributed by atoms with Gasteiger partial charge < -0.3 is 5.32 Å². The lowest BCUT2D eigenvalue weighted by molar-refractivity contribution is -0.119. The molecule has 4 aromatic rings. The summed E-state index contributed by atoms with van der Waals surface area (Å²) >= 11 is 7.41. The number of aryl methyl sites for hydroxylation is 1. The number of nitrogens with zero attached hydrogens (tertiary/aromatic N) is 3. The van der Waals surface area contributed by atoms with Gasteiger partial charge in [-0.05, 0) is 43.2 Å². The van der Waals surface area contributed by atoms with E-state index in [-0.39, 0.29) is 11.5 Å². The fourth-order valence-electron chi connectivity index (χ4n) is 2.94. The first-order chi connectivity index (χ1) is 13.9. The Hall–Kier alpha value is -3.03. The van der Waals surface area contributed by atoms with Gasteiger partial charge in [-0.2, -0.15) is 4.68 Å². The summed E-state index contributed by atoms with van der Waals surface area (Å²) in [5.74, 6) is -0.371. The molecule has 0 bridgehead atoms. The third-order valence-electron chi connectivity index (χ3n) is 4.64. The average Bonchev–Trinajstić information content (AvgIpc) is 3.16. The van der Waals surface area contributed by atoms with Crippen molar-refractivity contribution < 1.29 is 4.79 Å². The molecular formula is C21H17ClN4O2S. The molecule has 0 aliphatic heterocycles.